The Morgan fingerprint density at radius 2 is 1.81 bits per heavy atom. The maximum Gasteiger partial charge on any atom is 0.0586 e. The smallest absolute Gasteiger partial charge is 0.0586 e. The maximum atomic E-state index is 9.45. The van der Waals surface area contributed by atoms with Crippen molar-refractivity contribution < 1.29 is 5.11 Å². The van der Waals surface area contributed by atoms with Crippen molar-refractivity contribution in [2.24, 2.45) is 5.92 Å². The number of rotatable bonds is 3. The van der Waals surface area contributed by atoms with Crippen LogP contribution in [0.2, 0.25) is 0 Å². The summed E-state index contributed by atoms with van der Waals surface area (Å²) in [5.74, 6) is 0.980. The van der Waals surface area contributed by atoms with Gasteiger partial charge in [-0.15, -0.1) is 0 Å². The van der Waals surface area contributed by atoms with Gasteiger partial charge in [0.15, 0.2) is 0 Å². The molecule has 2 nitrogen and oxygen atoms in total. The second kappa shape index (κ2) is 6.02. The standard InChI is InChI=1S/C14H27NO/c1-2-12-6-8-13(9-7-12)15-10-4-3-5-14(15)11-16/h12-14,16H,2-11H2,1H3/t12?,13?,14-/m1/s1. The summed E-state index contributed by atoms with van der Waals surface area (Å²) in [6, 6.07) is 1.25. The van der Waals surface area contributed by atoms with E-state index in [-0.39, 0.29) is 0 Å². The molecule has 2 heteroatoms. The van der Waals surface area contributed by atoms with Crippen LogP contribution in [-0.4, -0.2) is 35.2 Å². The quantitative estimate of drug-likeness (QED) is 0.798. The zero-order chi connectivity index (χ0) is 11.4. The summed E-state index contributed by atoms with van der Waals surface area (Å²) >= 11 is 0. The summed E-state index contributed by atoms with van der Waals surface area (Å²) in [4.78, 5) is 2.62. The molecule has 94 valence electrons. The van der Waals surface area contributed by atoms with Gasteiger partial charge in [0.1, 0.15) is 0 Å². The molecule has 2 fully saturated rings. The largest absolute Gasteiger partial charge is 0.395 e. The molecule has 1 aliphatic heterocycles. The van der Waals surface area contributed by atoms with Crippen molar-refractivity contribution in [3.63, 3.8) is 0 Å². The van der Waals surface area contributed by atoms with Gasteiger partial charge < -0.3 is 5.11 Å². The molecule has 0 aromatic carbocycles. The molecule has 1 aliphatic carbocycles. The maximum absolute atomic E-state index is 9.45. The average Bonchev–Trinajstić information content (AvgIpc) is 2.39. The first-order chi connectivity index (χ1) is 7.85. The topological polar surface area (TPSA) is 23.5 Å². The highest BCUT2D eigenvalue weighted by atomic mass is 16.3. The number of aliphatic hydroxyl groups is 1. The van der Waals surface area contributed by atoms with Gasteiger partial charge in [-0.05, 0) is 51.0 Å². The lowest BCUT2D eigenvalue weighted by atomic mass is 9.82. The number of aliphatic hydroxyl groups excluding tert-OH is 1. The van der Waals surface area contributed by atoms with Crippen LogP contribution in [0.3, 0.4) is 0 Å². The highest BCUT2D eigenvalue weighted by Gasteiger charge is 2.30. The van der Waals surface area contributed by atoms with Crippen LogP contribution >= 0.6 is 0 Å². The highest BCUT2D eigenvalue weighted by Crippen LogP contribution is 2.32. The first-order valence-electron chi connectivity index (χ1n) is 7.21. The first-order valence-corrected chi connectivity index (χ1v) is 7.21. The Balaban J connectivity index is 1.86. The van der Waals surface area contributed by atoms with Gasteiger partial charge in [-0.3, -0.25) is 4.90 Å². The fraction of sp³-hybridized carbons (Fsp3) is 1.00. The summed E-state index contributed by atoms with van der Waals surface area (Å²) in [7, 11) is 0. The molecule has 1 saturated heterocycles. The number of likely N-dealkylation sites (tertiary alicyclic amines) is 1. The van der Waals surface area contributed by atoms with Gasteiger partial charge in [0.05, 0.1) is 6.61 Å². The minimum atomic E-state index is 0.369. The highest BCUT2D eigenvalue weighted by molar-refractivity contribution is 4.85. The van der Waals surface area contributed by atoms with Gasteiger partial charge in [-0.25, -0.2) is 0 Å². The third kappa shape index (κ3) is 2.78. The predicted octanol–water partition coefficient (Wildman–Crippen LogP) is 2.80. The lowest BCUT2D eigenvalue weighted by Crippen LogP contribution is -2.49. The van der Waals surface area contributed by atoms with Crippen LogP contribution in [-0.2, 0) is 0 Å². The summed E-state index contributed by atoms with van der Waals surface area (Å²) in [6.07, 6.45) is 10.8. The first kappa shape index (κ1) is 12.4. The number of hydrogen-bond donors (Lipinski definition) is 1. The lowest BCUT2D eigenvalue weighted by molar-refractivity contribution is 0.0316. The minimum Gasteiger partial charge on any atom is -0.395 e. The molecule has 0 unspecified atom stereocenters. The molecule has 1 atom stereocenters. The number of hydrogen-bond acceptors (Lipinski definition) is 2. The van der Waals surface area contributed by atoms with Crippen molar-refractivity contribution >= 4 is 0 Å². The third-order valence-corrected chi connectivity index (χ3v) is 4.75. The van der Waals surface area contributed by atoms with E-state index in [1.54, 1.807) is 0 Å². The molecule has 0 aromatic rings. The van der Waals surface area contributed by atoms with Gasteiger partial charge in [0.2, 0.25) is 0 Å². The second-order valence-electron chi connectivity index (χ2n) is 5.65. The summed E-state index contributed by atoms with van der Waals surface area (Å²) in [5.41, 5.74) is 0. The van der Waals surface area contributed by atoms with E-state index >= 15 is 0 Å². The molecule has 16 heavy (non-hydrogen) atoms. The van der Waals surface area contributed by atoms with Gasteiger partial charge in [0, 0.05) is 12.1 Å². The van der Waals surface area contributed by atoms with Crippen LogP contribution in [0.1, 0.15) is 58.3 Å². The lowest BCUT2D eigenvalue weighted by Gasteiger charge is -2.43. The fourth-order valence-corrected chi connectivity index (χ4v) is 3.58. The fourth-order valence-electron chi connectivity index (χ4n) is 3.58. The Morgan fingerprint density at radius 3 is 2.44 bits per heavy atom. The molecular weight excluding hydrogens is 198 g/mol. The second-order valence-corrected chi connectivity index (χ2v) is 5.65. The van der Waals surface area contributed by atoms with Gasteiger partial charge in [0.25, 0.3) is 0 Å². The zero-order valence-corrected chi connectivity index (χ0v) is 10.7. The normalized spacial score (nSPS) is 37.5. The van der Waals surface area contributed by atoms with E-state index in [1.807, 2.05) is 0 Å². The minimum absolute atomic E-state index is 0.369. The molecule has 1 saturated carbocycles. The Labute approximate surface area is 100 Å². The Morgan fingerprint density at radius 1 is 1.06 bits per heavy atom. The van der Waals surface area contributed by atoms with E-state index in [1.165, 1.54) is 57.9 Å². The zero-order valence-electron chi connectivity index (χ0n) is 10.7. The Bertz CT molecular complexity index is 199. The molecule has 1 heterocycles. The van der Waals surface area contributed by atoms with E-state index in [2.05, 4.69) is 11.8 Å². The number of piperidine rings is 1. The molecule has 0 bridgehead atoms. The van der Waals surface area contributed by atoms with E-state index in [0.717, 1.165) is 12.0 Å². The molecule has 1 N–H and O–H groups in total. The van der Waals surface area contributed by atoms with Crippen LogP contribution in [0.5, 0.6) is 0 Å². The Kier molecular flexibility index (Phi) is 4.66. The van der Waals surface area contributed by atoms with Crippen molar-refractivity contribution in [1.82, 2.24) is 4.90 Å². The summed E-state index contributed by atoms with van der Waals surface area (Å²) < 4.78 is 0. The van der Waals surface area contributed by atoms with Crippen LogP contribution in [0.15, 0.2) is 0 Å². The predicted molar refractivity (Wildman–Crippen MR) is 67.5 cm³/mol. The van der Waals surface area contributed by atoms with E-state index in [4.69, 9.17) is 0 Å². The van der Waals surface area contributed by atoms with Gasteiger partial charge in [-0.2, -0.15) is 0 Å². The van der Waals surface area contributed by atoms with Crippen LogP contribution < -0.4 is 0 Å². The SMILES string of the molecule is CCC1CCC(N2CCCC[C@@H]2CO)CC1. The van der Waals surface area contributed by atoms with Crippen LogP contribution in [0, 0.1) is 5.92 Å². The molecule has 2 aliphatic rings. The molecule has 0 spiro atoms. The monoisotopic (exact) mass is 225 g/mol. The molecule has 0 aromatic heterocycles. The molecule has 0 amide bonds. The molecule has 2 rings (SSSR count). The molecular formula is C14H27NO. The van der Waals surface area contributed by atoms with Crippen LogP contribution in [0.4, 0.5) is 0 Å². The van der Waals surface area contributed by atoms with Crippen LogP contribution in [0.25, 0.3) is 0 Å². The molecule has 0 radical (unpaired) electrons. The third-order valence-electron chi connectivity index (χ3n) is 4.75. The summed E-state index contributed by atoms with van der Waals surface area (Å²) in [6.45, 7) is 3.92. The van der Waals surface area contributed by atoms with Crippen molar-refractivity contribution in [3.05, 3.63) is 0 Å². The average molecular weight is 225 g/mol. The van der Waals surface area contributed by atoms with E-state index < -0.39 is 0 Å². The van der Waals surface area contributed by atoms with Crippen molar-refractivity contribution in [1.29, 1.82) is 0 Å². The van der Waals surface area contributed by atoms with Crippen molar-refractivity contribution in [2.75, 3.05) is 13.2 Å². The summed E-state index contributed by atoms with van der Waals surface area (Å²) in [5, 5.41) is 9.45. The van der Waals surface area contributed by atoms with Crippen molar-refractivity contribution in [2.45, 2.75) is 70.4 Å². The van der Waals surface area contributed by atoms with E-state index in [0.29, 0.717) is 12.6 Å². The van der Waals surface area contributed by atoms with Crippen molar-refractivity contribution in [3.8, 4) is 0 Å². The van der Waals surface area contributed by atoms with Gasteiger partial charge >= 0.3 is 0 Å². The van der Waals surface area contributed by atoms with Gasteiger partial charge in [-0.1, -0.05) is 19.8 Å². The Hall–Kier alpha value is -0.0800. The number of nitrogens with zero attached hydrogens (tertiary/aromatic N) is 1. The van der Waals surface area contributed by atoms with E-state index in [9.17, 15) is 5.11 Å².